The standard InChI is InChI=1S/C19H24ClNO4/c1-10-8-11(20)9-12(24-7)13(10)14-15(19(5,6)21-16(14)22)25-17(23)18(2,3)4/h8-9H,1-7H3,(H,21,22). The van der Waals surface area contributed by atoms with Crippen molar-refractivity contribution in [1.29, 1.82) is 0 Å². The van der Waals surface area contributed by atoms with Crippen LogP contribution in [0.1, 0.15) is 45.7 Å². The zero-order valence-electron chi connectivity index (χ0n) is 15.7. The average Bonchev–Trinajstić information content (AvgIpc) is 2.66. The second-order valence-electron chi connectivity index (χ2n) is 7.72. The lowest BCUT2D eigenvalue weighted by atomic mass is 9.94. The summed E-state index contributed by atoms with van der Waals surface area (Å²) < 4.78 is 11.1. The highest BCUT2D eigenvalue weighted by Gasteiger charge is 2.44. The van der Waals surface area contributed by atoms with Crippen LogP contribution < -0.4 is 10.1 Å². The van der Waals surface area contributed by atoms with Gasteiger partial charge in [-0.15, -0.1) is 0 Å². The van der Waals surface area contributed by atoms with Gasteiger partial charge in [0.15, 0.2) is 0 Å². The first-order valence-corrected chi connectivity index (χ1v) is 8.40. The van der Waals surface area contributed by atoms with Gasteiger partial charge in [0.05, 0.1) is 23.6 Å². The number of carbonyl (C=O) groups excluding carboxylic acids is 2. The largest absolute Gasteiger partial charge is 0.496 e. The number of halogens is 1. The van der Waals surface area contributed by atoms with Crippen molar-refractivity contribution in [2.45, 2.75) is 47.1 Å². The Kier molecular flexibility index (Phi) is 4.92. The molecule has 1 heterocycles. The molecule has 5 nitrogen and oxygen atoms in total. The van der Waals surface area contributed by atoms with Crippen LogP contribution in [0.5, 0.6) is 5.75 Å². The van der Waals surface area contributed by atoms with Gasteiger partial charge in [-0.05, 0) is 59.2 Å². The van der Waals surface area contributed by atoms with Gasteiger partial charge in [0.25, 0.3) is 5.91 Å². The quantitative estimate of drug-likeness (QED) is 0.826. The molecule has 0 fully saturated rings. The highest BCUT2D eigenvalue weighted by molar-refractivity contribution is 6.31. The molecule has 1 aromatic carbocycles. The second kappa shape index (κ2) is 6.37. The Morgan fingerprint density at radius 1 is 1.24 bits per heavy atom. The Balaban J connectivity index is 2.72. The van der Waals surface area contributed by atoms with Gasteiger partial charge in [0.1, 0.15) is 11.5 Å². The molecule has 0 bridgehead atoms. The predicted octanol–water partition coefficient (Wildman–Crippen LogP) is 3.87. The van der Waals surface area contributed by atoms with Gasteiger partial charge in [-0.3, -0.25) is 9.59 Å². The summed E-state index contributed by atoms with van der Waals surface area (Å²) in [7, 11) is 1.51. The molecular weight excluding hydrogens is 342 g/mol. The number of nitrogens with one attached hydrogen (secondary N) is 1. The molecule has 0 spiro atoms. The predicted molar refractivity (Wildman–Crippen MR) is 97.4 cm³/mol. The van der Waals surface area contributed by atoms with Crippen molar-refractivity contribution < 1.29 is 19.1 Å². The van der Waals surface area contributed by atoms with Crippen LogP contribution in [-0.2, 0) is 14.3 Å². The van der Waals surface area contributed by atoms with E-state index in [0.29, 0.717) is 27.7 Å². The maximum atomic E-state index is 12.7. The third-order valence-electron chi connectivity index (χ3n) is 3.99. The van der Waals surface area contributed by atoms with Gasteiger partial charge in [0.2, 0.25) is 0 Å². The highest BCUT2D eigenvalue weighted by atomic mass is 35.5. The minimum atomic E-state index is -0.815. The number of hydrogen-bond acceptors (Lipinski definition) is 4. The molecule has 0 atom stereocenters. The number of esters is 1. The monoisotopic (exact) mass is 365 g/mol. The molecule has 0 saturated carbocycles. The minimum Gasteiger partial charge on any atom is -0.496 e. The molecule has 0 aromatic heterocycles. The van der Waals surface area contributed by atoms with E-state index in [2.05, 4.69) is 5.32 Å². The first kappa shape index (κ1) is 19.3. The first-order chi connectivity index (χ1) is 11.4. The van der Waals surface area contributed by atoms with Crippen molar-refractivity contribution in [2.24, 2.45) is 5.41 Å². The Morgan fingerprint density at radius 2 is 1.84 bits per heavy atom. The van der Waals surface area contributed by atoms with Gasteiger partial charge in [-0.2, -0.15) is 0 Å². The Morgan fingerprint density at radius 3 is 2.36 bits per heavy atom. The molecule has 0 unspecified atom stereocenters. The van der Waals surface area contributed by atoms with E-state index in [1.165, 1.54) is 7.11 Å². The van der Waals surface area contributed by atoms with Crippen LogP contribution in [-0.4, -0.2) is 24.5 Å². The minimum absolute atomic E-state index is 0.293. The van der Waals surface area contributed by atoms with Crippen molar-refractivity contribution in [1.82, 2.24) is 5.32 Å². The third-order valence-corrected chi connectivity index (χ3v) is 4.21. The maximum absolute atomic E-state index is 12.7. The summed E-state index contributed by atoms with van der Waals surface area (Å²) >= 11 is 6.10. The van der Waals surface area contributed by atoms with Crippen LogP contribution in [0.3, 0.4) is 0 Å². The van der Waals surface area contributed by atoms with Crippen molar-refractivity contribution >= 4 is 29.1 Å². The van der Waals surface area contributed by atoms with Crippen molar-refractivity contribution in [2.75, 3.05) is 7.11 Å². The molecule has 0 radical (unpaired) electrons. The molecule has 1 aliphatic heterocycles. The average molecular weight is 366 g/mol. The van der Waals surface area contributed by atoms with E-state index in [1.54, 1.807) is 46.8 Å². The van der Waals surface area contributed by atoms with Gasteiger partial charge < -0.3 is 14.8 Å². The van der Waals surface area contributed by atoms with Gasteiger partial charge in [-0.1, -0.05) is 11.6 Å². The molecule has 25 heavy (non-hydrogen) atoms. The summed E-state index contributed by atoms with van der Waals surface area (Å²) in [6.07, 6.45) is 0. The molecule has 6 heteroatoms. The zero-order valence-corrected chi connectivity index (χ0v) is 16.4. The number of amides is 1. The third kappa shape index (κ3) is 3.66. The lowest BCUT2D eigenvalue weighted by Crippen LogP contribution is -2.40. The number of aryl methyl sites for hydroxylation is 1. The topological polar surface area (TPSA) is 64.6 Å². The van der Waals surface area contributed by atoms with Gasteiger partial charge in [0, 0.05) is 10.6 Å². The van der Waals surface area contributed by atoms with E-state index in [1.807, 2.05) is 6.92 Å². The van der Waals surface area contributed by atoms with E-state index in [0.717, 1.165) is 5.56 Å². The molecule has 0 saturated heterocycles. The summed E-state index contributed by atoms with van der Waals surface area (Å²) in [5, 5.41) is 3.37. The fraction of sp³-hybridized carbons (Fsp3) is 0.474. The van der Waals surface area contributed by atoms with Crippen molar-refractivity contribution in [3.63, 3.8) is 0 Å². The zero-order chi connectivity index (χ0) is 19.2. The fourth-order valence-electron chi connectivity index (χ4n) is 2.66. The molecule has 2 rings (SSSR count). The fourth-order valence-corrected chi connectivity index (χ4v) is 2.93. The van der Waals surface area contributed by atoms with E-state index in [-0.39, 0.29) is 5.91 Å². The van der Waals surface area contributed by atoms with Gasteiger partial charge in [-0.25, -0.2) is 0 Å². The summed E-state index contributed by atoms with van der Waals surface area (Å²) in [6.45, 7) is 10.7. The number of carbonyl (C=O) groups is 2. The van der Waals surface area contributed by atoms with Crippen LogP contribution in [0.25, 0.3) is 5.57 Å². The van der Waals surface area contributed by atoms with Crippen molar-refractivity contribution in [3.05, 3.63) is 34.0 Å². The Bertz CT molecular complexity index is 772. The van der Waals surface area contributed by atoms with Crippen LogP contribution in [0, 0.1) is 12.3 Å². The van der Waals surface area contributed by atoms with E-state index in [4.69, 9.17) is 21.1 Å². The van der Waals surface area contributed by atoms with Gasteiger partial charge >= 0.3 is 5.97 Å². The number of ether oxygens (including phenoxy) is 2. The lowest BCUT2D eigenvalue weighted by Gasteiger charge is -2.25. The summed E-state index contributed by atoms with van der Waals surface area (Å²) in [6, 6.07) is 3.38. The molecule has 1 aromatic rings. The van der Waals surface area contributed by atoms with E-state index < -0.39 is 16.9 Å². The normalized spacial score (nSPS) is 16.7. The Labute approximate surface area is 153 Å². The summed E-state index contributed by atoms with van der Waals surface area (Å²) in [5.41, 5.74) is 0.125. The van der Waals surface area contributed by atoms with E-state index in [9.17, 15) is 9.59 Å². The summed E-state index contributed by atoms with van der Waals surface area (Å²) in [4.78, 5) is 25.1. The molecule has 1 amide bonds. The van der Waals surface area contributed by atoms with E-state index >= 15 is 0 Å². The SMILES string of the molecule is COc1cc(Cl)cc(C)c1C1=C(OC(=O)C(C)(C)C)C(C)(C)NC1=O. The number of rotatable bonds is 3. The number of hydrogen-bond donors (Lipinski definition) is 1. The number of methoxy groups -OCH3 is 1. The van der Waals surface area contributed by atoms with Crippen LogP contribution in [0.15, 0.2) is 17.9 Å². The van der Waals surface area contributed by atoms with Crippen LogP contribution in [0.2, 0.25) is 5.02 Å². The molecular formula is C19H24ClNO4. The second-order valence-corrected chi connectivity index (χ2v) is 8.16. The van der Waals surface area contributed by atoms with Crippen LogP contribution >= 0.6 is 11.6 Å². The molecule has 1 aliphatic rings. The maximum Gasteiger partial charge on any atom is 0.316 e. The smallest absolute Gasteiger partial charge is 0.316 e. The Hall–Kier alpha value is -2.01. The number of benzene rings is 1. The lowest BCUT2D eigenvalue weighted by molar-refractivity contribution is -0.149. The first-order valence-electron chi connectivity index (χ1n) is 8.02. The summed E-state index contributed by atoms with van der Waals surface area (Å²) in [5.74, 6) is 0.0268. The molecule has 0 aliphatic carbocycles. The molecule has 1 N–H and O–H groups in total. The highest BCUT2D eigenvalue weighted by Crippen LogP contribution is 2.41. The molecule has 136 valence electrons. The van der Waals surface area contributed by atoms with Crippen molar-refractivity contribution in [3.8, 4) is 5.75 Å². The van der Waals surface area contributed by atoms with Crippen LogP contribution in [0.4, 0.5) is 0 Å².